The van der Waals surface area contributed by atoms with E-state index in [-0.39, 0.29) is 17.4 Å². The molecule has 1 fully saturated rings. The van der Waals surface area contributed by atoms with Gasteiger partial charge in [-0.3, -0.25) is 4.79 Å². The maximum Gasteiger partial charge on any atom is 0.407 e. The summed E-state index contributed by atoms with van der Waals surface area (Å²) in [6.45, 7) is 6.91. The quantitative estimate of drug-likeness (QED) is 0.537. The van der Waals surface area contributed by atoms with Gasteiger partial charge in [-0.05, 0) is 66.1 Å². The lowest BCUT2D eigenvalue weighted by Gasteiger charge is -2.38. The third-order valence-corrected chi connectivity index (χ3v) is 8.78. The number of hydrogen-bond acceptors (Lipinski definition) is 5. The molecule has 1 unspecified atom stereocenters. The summed E-state index contributed by atoms with van der Waals surface area (Å²) in [7, 11) is -3.83. The van der Waals surface area contributed by atoms with Crippen molar-refractivity contribution in [3.05, 3.63) is 56.1 Å². The summed E-state index contributed by atoms with van der Waals surface area (Å²) < 4.78 is 28.2. The first-order valence-corrected chi connectivity index (χ1v) is 14.5. The number of nitrogens with one attached hydrogen (secondary N) is 1. The molecule has 1 aromatic carbocycles. The fourth-order valence-corrected chi connectivity index (χ4v) is 7.05. The standard InChI is InChI=1S/C25H30ClN3O5S2/c1-25(2,3)22-19-8-6-17(15-16(19)5-4-12-29(22)24(31)32)28-13-10-20(23(28)30)27-36(33,34)14-11-18-7-9-21(26)35-18/h6-9,11,14-15,20,22,27H,4-5,10,12-13H2,1-3H3,(H,31,32)/t20-,22?/m0/s1. The Morgan fingerprint density at radius 3 is 2.61 bits per heavy atom. The summed E-state index contributed by atoms with van der Waals surface area (Å²) in [5, 5.41) is 10.9. The molecule has 11 heteroatoms. The number of sulfonamides is 1. The monoisotopic (exact) mass is 551 g/mol. The molecule has 2 amide bonds. The number of rotatable bonds is 5. The van der Waals surface area contributed by atoms with Crippen LogP contribution < -0.4 is 9.62 Å². The van der Waals surface area contributed by atoms with Crippen LogP contribution in [0.2, 0.25) is 4.34 Å². The van der Waals surface area contributed by atoms with Gasteiger partial charge in [0.1, 0.15) is 6.04 Å². The van der Waals surface area contributed by atoms with Crippen LogP contribution in [0.3, 0.4) is 0 Å². The molecule has 0 spiro atoms. The second-order valence-electron chi connectivity index (χ2n) is 10.2. The SMILES string of the molecule is CC(C)(C)C1c2ccc(N3CC[C@H](NS(=O)(=O)C=Cc4ccc(Cl)s4)C3=O)cc2CCCN1C(=O)O. The Morgan fingerprint density at radius 1 is 1.22 bits per heavy atom. The fourth-order valence-electron chi connectivity index (χ4n) is 4.98. The first-order chi connectivity index (χ1) is 16.9. The molecule has 4 rings (SSSR count). The summed E-state index contributed by atoms with van der Waals surface area (Å²) in [6.07, 6.45) is 2.26. The van der Waals surface area contributed by atoms with Crippen molar-refractivity contribution in [3.8, 4) is 0 Å². The zero-order valence-electron chi connectivity index (χ0n) is 20.4. The van der Waals surface area contributed by atoms with Crippen LogP contribution in [0, 0.1) is 5.41 Å². The van der Waals surface area contributed by atoms with E-state index in [0.29, 0.717) is 47.3 Å². The lowest BCUT2D eigenvalue weighted by molar-refractivity contribution is -0.118. The molecule has 2 aromatic rings. The van der Waals surface area contributed by atoms with Gasteiger partial charge in [-0.1, -0.05) is 38.4 Å². The van der Waals surface area contributed by atoms with Gasteiger partial charge >= 0.3 is 6.09 Å². The number of halogens is 1. The molecule has 2 N–H and O–H groups in total. The molecule has 0 radical (unpaired) electrons. The van der Waals surface area contributed by atoms with Crippen molar-refractivity contribution in [1.29, 1.82) is 0 Å². The first kappa shape index (κ1) is 26.7. The molecule has 0 bridgehead atoms. The van der Waals surface area contributed by atoms with Crippen molar-refractivity contribution in [3.63, 3.8) is 0 Å². The van der Waals surface area contributed by atoms with E-state index in [0.717, 1.165) is 16.5 Å². The van der Waals surface area contributed by atoms with Crippen LogP contribution in [0.5, 0.6) is 0 Å². The third kappa shape index (κ3) is 5.77. The highest BCUT2D eigenvalue weighted by Gasteiger charge is 2.39. The zero-order chi connectivity index (χ0) is 26.3. The smallest absolute Gasteiger partial charge is 0.407 e. The van der Waals surface area contributed by atoms with Gasteiger partial charge in [0.2, 0.25) is 15.9 Å². The first-order valence-electron chi connectivity index (χ1n) is 11.8. The number of thiophene rings is 1. The van der Waals surface area contributed by atoms with Crippen LogP contribution in [0.1, 0.15) is 55.7 Å². The van der Waals surface area contributed by atoms with Crippen LogP contribution >= 0.6 is 22.9 Å². The number of hydrogen-bond donors (Lipinski definition) is 2. The molecule has 194 valence electrons. The Balaban J connectivity index is 1.53. The van der Waals surface area contributed by atoms with Gasteiger partial charge in [-0.15, -0.1) is 11.3 Å². The fraction of sp³-hybridized carbons (Fsp3) is 0.440. The molecule has 2 aliphatic heterocycles. The Hall–Kier alpha value is -2.40. The zero-order valence-corrected chi connectivity index (χ0v) is 22.8. The number of carboxylic acid groups (broad SMARTS) is 1. The predicted octanol–water partition coefficient (Wildman–Crippen LogP) is 5.11. The Morgan fingerprint density at radius 2 is 1.97 bits per heavy atom. The number of anilines is 1. The van der Waals surface area contributed by atoms with E-state index in [1.807, 2.05) is 39.0 Å². The molecular formula is C25H30ClN3O5S2. The average Bonchev–Trinajstić information content (AvgIpc) is 3.29. The highest BCUT2D eigenvalue weighted by atomic mass is 35.5. The van der Waals surface area contributed by atoms with Crippen molar-refractivity contribution in [1.82, 2.24) is 9.62 Å². The number of aryl methyl sites for hydroxylation is 1. The molecule has 2 atom stereocenters. The molecule has 1 aromatic heterocycles. The number of nitrogens with zero attached hydrogens (tertiary/aromatic N) is 2. The minimum Gasteiger partial charge on any atom is -0.465 e. The minimum atomic E-state index is -3.83. The predicted molar refractivity (Wildman–Crippen MR) is 143 cm³/mol. The van der Waals surface area contributed by atoms with E-state index in [1.54, 1.807) is 17.0 Å². The second kappa shape index (κ2) is 10.2. The van der Waals surface area contributed by atoms with Crippen molar-refractivity contribution < 1.29 is 23.1 Å². The largest absolute Gasteiger partial charge is 0.465 e. The van der Waals surface area contributed by atoms with Gasteiger partial charge in [0.25, 0.3) is 0 Å². The summed E-state index contributed by atoms with van der Waals surface area (Å²) >= 11 is 7.15. The lowest BCUT2D eigenvalue weighted by Crippen LogP contribution is -2.41. The number of carbonyl (C=O) groups excluding carboxylic acids is 1. The van der Waals surface area contributed by atoms with Gasteiger partial charge in [0.15, 0.2) is 0 Å². The summed E-state index contributed by atoms with van der Waals surface area (Å²) in [6, 6.07) is 7.96. The molecule has 36 heavy (non-hydrogen) atoms. The number of carbonyl (C=O) groups is 2. The average molecular weight is 552 g/mol. The van der Waals surface area contributed by atoms with Crippen molar-refractivity contribution in [2.45, 2.75) is 52.1 Å². The van der Waals surface area contributed by atoms with Crippen molar-refractivity contribution in [2.75, 3.05) is 18.0 Å². The van der Waals surface area contributed by atoms with E-state index < -0.39 is 22.2 Å². The molecule has 0 aliphatic carbocycles. The number of fused-ring (bicyclic) bond motifs is 1. The summed E-state index contributed by atoms with van der Waals surface area (Å²) in [5.74, 6) is -0.306. The van der Waals surface area contributed by atoms with Crippen molar-refractivity contribution >= 4 is 56.7 Å². The number of amides is 2. The topological polar surface area (TPSA) is 107 Å². The molecule has 1 saturated heterocycles. The van der Waals surface area contributed by atoms with Crippen LogP contribution in [0.25, 0.3) is 6.08 Å². The highest BCUT2D eigenvalue weighted by Crippen LogP contribution is 2.42. The van der Waals surface area contributed by atoms with Gasteiger partial charge in [-0.25, -0.2) is 13.2 Å². The van der Waals surface area contributed by atoms with Gasteiger partial charge in [-0.2, -0.15) is 4.72 Å². The van der Waals surface area contributed by atoms with Crippen molar-refractivity contribution in [2.24, 2.45) is 5.41 Å². The maximum atomic E-state index is 13.1. The van der Waals surface area contributed by atoms with E-state index >= 15 is 0 Å². The second-order valence-corrected chi connectivity index (χ2v) is 13.5. The van der Waals surface area contributed by atoms with Crippen LogP contribution in [0.4, 0.5) is 10.5 Å². The highest BCUT2D eigenvalue weighted by molar-refractivity contribution is 7.92. The Bertz CT molecular complexity index is 1300. The van der Waals surface area contributed by atoms with E-state index in [2.05, 4.69) is 4.72 Å². The van der Waals surface area contributed by atoms with Crippen LogP contribution in [-0.2, 0) is 21.2 Å². The van der Waals surface area contributed by atoms with Gasteiger partial charge in [0, 0.05) is 29.1 Å². The maximum absolute atomic E-state index is 13.1. The third-order valence-electron chi connectivity index (χ3n) is 6.47. The summed E-state index contributed by atoms with van der Waals surface area (Å²) in [4.78, 5) is 28.9. The molecule has 3 heterocycles. The van der Waals surface area contributed by atoms with Crippen LogP contribution in [-0.4, -0.2) is 49.6 Å². The Labute approximate surface area is 220 Å². The normalized spacial score (nSPS) is 21.2. The molecule has 0 saturated carbocycles. The number of benzene rings is 1. The van der Waals surface area contributed by atoms with E-state index in [4.69, 9.17) is 11.6 Å². The van der Waals surface area contributed by atoms with Gasteiger partial charge in [0.05, 0.1) is 10.4 Å². The molecular weight excluding hydrogens is 522 g/mol. The molecule has 8 nitrogen and oxygen atoms in total. The Kier molecular flexibility index (Phi) is 7.52. The van der Waals surface area contributed by atoms with Crippen LogP contribution in [0.15, 0.2) is 35.7 Å². The van der Waals surface area contributed by atoms with E-state index in [1.165, 1.54) is 22.3 Å². The minimum absolute atomic E-state index is 0.305. The lowest BCUT2D eigenvalue weighted by atomic mass is 9.80. The summed E-state index contributed by atoms with van der Waals surface area (Å²) in [5.41, 5.74) is 2.36. The van der Waals surface area contributed by atoms with Gasteiger partial charge < -0.3 is 14.9 Å². The molecule has 2 aliphatic rings. The van der Waals surface area contributed by atoms with E-state index in [9.17, 15) is 23.1 Å².